The van der Waals surface area contributed by atoms with Crippen molar-refractivity contribution in [3.05, 3.63) is 51.8 Å². The first-order valence-electron chi connectivity index (χ1n) is 8.08. The van der Waals surface area contributed by atoms with Crippen LogP contribution in [0.2, 0.25) is 0 Å². The summed E-state index contributed by atoms with van der Waals surface area (Å²) in [5.41, 5.74) is 8.03. The highest BCUT2D eigenvalue weighted by Gasteiger charge is 2.22. The fraction of sp³-hybridized carbons (Fsp3) is 0.111. The Morgan fingerprint density at radius 2 is 1.86 bits per heavy atom. The topological polar surface area (TPSA) is 91.7 Å². The molecule has 0 fully saturated rings. The minimum atomic E-state index is -0.886. The van der Waals surface area contributed by atoms with Crippen molar-refractivity contribution in [3.8, 4) is 22.9 Å². The summed E-state index contributed by atoms with van der Waals surface area (Å²) in [5.74, 6) is -2.12. The summed E-state index contributed by atoms with van der Waals surface area (Å²) in [6.07, 6.45) is 2.79. The number of nitrogens with zero attached hydrogens (tertiary/aromatic N) is 5. The molecule has 2 N–H and O–H groups in total. The second-order valence-electron chi connectivity index (χ2n) is 6.03. The monoisotopic (exact) mass is 494 g/mol. The van der Waals surface area contributed by atoms with E-state index in [4.69, 9.17) is 10.5 Å². The molecule has 28 heavy (non-hydrogen) atoms. The maximum atomic E-state index is 14.7. The Morgan fingerprint density at radius 3 is 2.54 bits per heavy atom. The number of aromatic nitrogens is 5. The van der Waals surface area contributed by atoms with E-state index in [1.807, 2.05) is 0 Å². The van der Waals surface area contributed by atoms with Crippen LogP contribution in [0.3, 0.4) is 0 Å². The summed E-state index contributed by atoms with van der Waals surface area (Å²) in [6, 6.07) is 3.87. The molecule has 0 radical (unpaired) electrons. The molecule has 0 aliphatic heterocycles. The fourth-order valence-electron chi connectivity index (χ4n) is 2.88. The number of ether oxygens (including phenoxy) is 1. The van der Waals surface area contributed by atoms with Gasteiger partial charge in [0.15, 0.2) is 11.6 Å². The van der Waals surface area contributed by atoms with E-state index in [-0.39, 0.29) is 11.8 Å². The SMILES string of the molecule is Cc1ccnc(Oc2c(F)cc(-c3c(I)n(C)c4ncnc(N)c34)cc2F)n1. The van der Waals surface area contributed by atoms with Crippen molar-refractivity contribution in [2.45, 2.75) is 6.92 Å². The predicted octanol–water partition coefficient (Wildman–Crippen LogP) is 3.99. The number of nitrogens with two attached hydrogens (primary N) is 1. The van der Waals surface area contributed by atoms with Gasteiger partial charge in [0.1, 0.15) is 17.8 Å². The number of aryl methyl sites for hydroxylation is 2. The summed E-state index contributed by atoms with van der Waals surface area (Å²) >= 11 is 2.08. The van der Waals surface area contributed by atoms with Crippen LogP contribution in [0.5, 0.6) is 11.8 Å². The second-order valence-corrected chi connectivity index (χ2v) is 7.06. The van der Waals surface area contributed by atoms with E-state index in [1.165, 1.54) is 24.7 Å². The van der Waals surface area contributed by atoms with Gasteiger partial charge in [-0.15, -0.1) is 0 Å². The molecule has 0 saturated carbocycles. The molecule has 0 aliphatic carbocycles. The van der Waals surface area contributed by atoms with Crippen LogP contribution in [-0.4, -0.2) is 24.5 Å². The molecule has 0 saturated heterocycles. The van der Waals surface area contributed by atoms with Crippen LogP contribution in [0, 0.1) is 22.3 Å². The lowest BCUT2D eigenvalue weighted by Gasteiger charge is -2.09. The molecule has 10 heteroatoms. The number of benzene rings is 1. The van der Waals surface area contributed by atoms with Gasteiger partial charge in [0.05, 0.1) is 9.09 Å². The number of rotatable bonds is 3. The zero-order chi connectivity index (χ0) is 20.0. The molecular formula is C18H13F2IN6O. The van der Waals surface area contributed by atoms with Gasteiger partial charge in [-0.3, -0.25) is 0 Å². The largest absolute Gasteiger partial charge is 0.418 e. The molecule has 3 heterocycles. The van der Waals surface area contributed by atoms with Gasteiger partial charge in [0.2, 0.25) is 5.75 Å². The maximum Gasteiger partial charge on any atom is 0.322 e. The minimum Gasteiger partial charge on any atom is -0.418 e. The van der Waals surface area contributed by atoms with Crippen molar-refractivity contribution in [1.82, 2.24) is 24.5 Å². The van der Waals surface area contributed by atoms with E-state index in [0.29, 0.717) is 31.6 Å². The van der Waals surface area contributed by atoms with Crippen LogP contribution in [0.25, 0.3) is 22.2 Å². The number of hydrogen-bond donors (Lipinski definition) is 1. The standard InChI is InChI=1S/C18H13F2IN6O/c1-8-3-4-23-18(26-8)28-14-10(19)5-9(6-11(14)20)12-13-16(22)24-7-25-17(13)27(2)15(12)21/h3-7H,1-2H3,(H2,22,24,25). The fourth-order valence-corrected chi connectivity index (χ4v) is 3.69. The minimum absolute atomic E-state index is 0.136. The molecule has 142 valence electrons. The van der Waals surface area contributed by atoms with Gasteiger partial charge in [-0.1, -0.05) is 0 Å². The van der Waals surface area contributed by atoms with Crippen LogP contribution >= 0.6 is 22.6 Å². The molecule has 0 atom stereocenters. The van der Waals surface area contributed by atoms with Gasteiger partial charge < -0.3 is 15.0 Å². The zero-order valence-corrected chi connectivity index (χ0v) is 16.9. The molecule has 0 bridgehead atoms. The van der Waals surface area contributed by atoms with E-state index < -0.39 is 17.4 Å². The average molecular weight is 494 g/mol. The molecule has 0 amide bonds. The van der Waals surface area contributed by atoms with Gasteiger partial charge in [-0.25, -0.2) is 28.7 Å². The first-order chi connectivity index (χ1) is 13.4. The Balaban J connectivity index is 1.86. The van der Waals surface area contributed by atoms with Gasteiger partial charge in [0.25, 0.3) is 0 Å². The van der Waals surface area contributed by atoms with Crippen LogP contribution < -0.4 is 10.5 Å². The van der Waals surface area contributed by atoms with E-state index in [9.17, 15) is 8.78 Å². The van der Waals surface area contributed by atoms with Crippen molar-refractivity contribution in [2.24, 2.45) is 7.05 Å². The van der Waals surface area contributed by atoms with Crippen LogP contribution in [-0.2, 0) is 7.05 Å². The molecule has 1 aromatic carbocycles. The number of nitrogen functional groups attached to an aromatic ring is 1. The zero-order valence-electron chi connectivity index (χ0n) is 14.7. The molecule has 3 aromatic heterocycles. The van der Waals surface area contributed by atoms with E-state index in [1.54, 1.807) is 24.6 Å². The Labute approximate surface area is 171 Å². The van der Waals surface area contributed by atoms with Crippen molar-refractivity contribution in [3.63, 3.8) is 0 Å². The third kappa shape index (κ3) is 3.03. The Kier molecular flexibility index (Phi) is 4.57. The van der Waals surface area contributed by atoms with E-state index >= 15 is 0 Å². The highest BCUT2D eigenvalue weighted by atomic mass is 127. The normalized spacial score (nSPS) is 11.2. The van der Waals surface area contributed by atoms with Crippen molar-refractivity contribution >= 4 is 39.4 Å². The lowest BCUT2D eigenvalue weighted by Crippen LogP contribution is -1.99. The quantitative estimate of drug-likeness (QED) is 0.434. The smallest absolute Gasteiger partial charge is 0.322 e. The van der Waals surface area contributed by atoms with Crippen molar-refractivity contribution < 1.29 is 13.5 Å². The summed E-state index contributed by atoms with van der Waals surface area (Å²) in [7, 11) is 1.79. The predicted molar refractivity (Wildman–Crippen MR) is 108 cm³/mol. The highest BCUT2D eigenvalue weighted by molar-refractivity contribution is 14.1. The Morgan fingerprint density at radius 1 is 1.14 bits per heavy atom. The third-order valence-electron chi connectivity index (χ3n) is 4.18. The van der Waals surface area contributed by atoms with E-state index in [0.717, 1.165) is 0 Å². The number of halogens is 3. The van der Waals surface area contributed by atoms with Gasteiger partial charge in [-0.05, 0) is 53.3 Å². The number of anilines is 1. The van der Waals surface area contributed by atoms with E-state index in [2.05, 4.69) is 42.5 Å². The highest BCUT2D eigenvalue weighted by Crippen LogP contribution is 2.39. The average Bonchev–Trinajstić information content (AvgIpc) is 2.91. The summed E-state index contributed by atoms with van der Waals surface area (Å²) < 4.78 is 37.2. The summed E-state index contributed by atoms with van der Waals surface area (Å²) in [5, 5.41) is 0.531. The van der Waals surface area contributed by atoms with Gasteiger partial charge >= 0.3 is 6.01 Å². The molecule has 0 spiro atoms. The Hall–Kier alpha value is -2.89. The molecule has 4 aromatic rings. The second kappa shape index (κ2) is 6.93. The third-order valence-corrected chi connectivity index (χ3v) is 5.44. The van der Waals surface area contributed by atoms with Crippen LogP contribution in [0.15, 0.2) is 30.7 Å². The molecule has 0 aliphatic rings. The summed E-state index contributed by atoms with van der Waals surface area (Å²) in [6.45, 7) is 1.72. The van der Waals surface area contributed by atoms with Crippen molar-refractivity contribution in [1.29, 1.82) is 0 Å². The van der Waals surface area contributed by atoms with Gasteiger partial charge in [0, 0.05) is 24.5 Å². The van der Waals surface area contributed by atoms with Crippen LogP contribution in [0.1, 0.15) is 5.69 Å². The molecule has 4 rings (SSSR count). The van der Waals surface area contributed by atoms with Gasteiger partial charge in [-0.2, -0.15) is 0 Å². The first-order valence-corrected chi connectivity index (χ1v) is 9.16. The Bertz CT molecular complexity index is 1200. The molecule has 0 unspecified atom stereocenters. The number of hydrogen-bond acceptors (Lipinski definition) is 6. The lowest BCUT2D eigenvalue weighted by atomic mass is 10.1. The lowest BCUT2D eigenvalue weighted by molar-refractivity contribution is 0.381. The molecular weight excluding hydrogens is 481 g/mol. The first kappa shape index (κ1) is 18.5. The molecule has 7 nitrogen and oxygen atoms in total. The summed E-state index contributed by atoms with van der Waals surface area (Å²) in [4.78, 5) is 16.1. The number of fused-ring (bicyclic) bond motifs is 1. The van der Waals surface area contributed by atoms with Crippen LogP contribution in [0.4, 0.5) is 14.6 Å². The maximum absolute atomic E-state index is 14.7. The van der Waals surface area contributed by atoms with Crippen molar-refractivity contribution in [2.75, 3.05) is 5.73 Å².